The summed E-state index contributed by atoms with van der Waals surface area (Å²) < 4.78 is 0. The van der Waals surface area contributed by atoms with E-state index in [2.05, 4.69) is 40.7 Å². The van der Waals surface area contributed by atoms with Gasteiger partial charge in [-0.05, 0) is 96.9 Å². The fraction of sp³-hybridized carbons (Fsp3) is 0.926. The molecule has 0 aliphatic heterocycles. The summed E-state index contributed by atoms with van der Waals surface area (Å²) >= 11 is 0. The van der Waals surface area contributed by atoms with Crippen molar-refractivity contribution < 1.29 is 10.2 Å². The molecule has 0 saturated heterocycles. The van der Waals surface area contributed by atoms with Crippen LogP contribution in [0.4, 0.5) is 0 Å². The quantitative estimate of drug-likeness (QED) is 0.525. The highest BCUT2D eigenvalue weighted by Gasteiger charge is 2.60. The summed E-state index contributed by atoms with van der Waals surface area (Å²) in [6, 6.07) is 0. The van der Waals surface area contributed by atoms with Gasteiger partial charge >= 0.3 is 0 Å². The Morgan fingerprint density at radius 1 is 0.966 bits per heavy atom. The Balaban J connectivity index is 1.51. The van der Waals surface area contributed by atoms with Gasteiger partial charge in [0.15, 0.2) is 0 Å². The van der Waals surface area contributed by atoms with Gasteiger partial charge in [0.25, 0.3) is 0 Å². The molecule has 166 valence electrons. The highest BCUT2D eigenvalue weighted by Crippen LogP contribution is 2.67. The smallest absolute Gasteiger partial charge is 0.101 e. The Morgan fingerprint density at radius 3 is 2.45 bits per heavy atom. The van der Waals surface area contributed by atoms with Crippen molar-refractivity contribution in [3.8, 4) is 0 Å². The van der Waals surface area contributed by atoms with E-state index in [1.807, 2.05) is 0 Å². The molecule has 0 amide bonds. The molecule has 0 heterocycles. The first-order valence-corrected chi connectivity index (χ1v) is 12.7. The lowest BCUT2D eigenvalue weighted by Gasteiger charge is -2.59. The van der Waals surface area contributed by atoms with Gasteiger partial charge in [0.05, 0.1) is 6.10 Å². The first-order valence-electron chi connectivity index (χ1n) is 12.7. The van der Waals surface area contributed by atoms with Gasteiger partial charge in [-0.1, -0.05) is 60.0 Å². The van der Waals surface area contributed by atoms with E-state index in [4.69, 9.17) is 0 Å². The Hall–Kier alpha value is -0.340. The molecular weight excluding hydrogens is 356 g/mol. The molecule has 0 unspecified atom stereocenters. The molecule has 0 aromatic heterocycles. The minimum Gasteiger partial charge on any atom is -0.390 e. The third kappa shape index (κ3) is 3.55. The molecule has 3 fully saturated rings. The Kier molecular flexibility index (Phi) is 6.01. The van der Waals surface area contributed by atoms with Crippen LogP contribution in [0.5, 0.6) is 0 Å². The molecule has 0 bridgehead atoms. The second-order valence-corrected chi connectivity index (χ2v) is 12.3. The monoisotopic (exact) mass is 402 g/mol. The molecular formula is C27H46O2. The van der Waals surface area contributed by atoms with E-state index in [0.717, 1.165) is 48.9 Å². The molecule has 0 radical (unpaired) electrons. The molecule has 29 heavy (non-hydrogen) atoms. The molecule has 0 aromatic rings. The number of hydrogen-bond acceptors (Lipinski definition) is 2. The van der Waals surface area contributed by atoms with Gasteiger partial charge in [-0.25, -0.2) is 0 Å². The molecule has 4 aliphatic carbocycles. The van der Waals surface area contributed by atoms with Crippen molar-refractivity contribution in [2.75, 3.05) is 0 Å². The highest BCUT2D eigenvalue weighted by atomic mass is 16.3. The number of fused-ring (bicyclic) bond motifs is 5. The standard InChI is InChI=1S/C27H46O2/c1-17(2)7-6-8-18(3)20-11-12-21-19-9-10-23-25(29)24(28)14-16-27(23,5)22(19)13-15-26(20,21)4/h10,17-22,24-25,28-29H,6-9,11-16H2,1-5H3/t18-,19-,20+,21-,22-,24+,25+,26-,27-/m1/s1. The van der Waals surface area contributed by atoms with E-state index in [0.29, 0.717) is 11.3 Å². The van der Waals surface area contributed by atoms with Crippen LogP contribution in [0.3, 0.4) is 0 Å². The molecule has 0 spiro atoms. The van der Waals surface area contributed by atoms with E-state index in [-0.39, 0.29) is 5.41 Å². The van der Waals surface area contributed by atoms with Crippen LogP contribution >= 0.6 is 0 Å². The lowest BCUT2D eigenvalue weighted by molar-refractivity contribution is -0.0801. The van der Waals surface area contributed by atoms with Crippen LogP contribution in [0.1, 0.15) is 98.8 Å². The summed E-state index contributed by atoms with van der Waals surface area (Å²) in [7, 11) is 0. The highest BCUT2D eigenvalue weighted by molar-refractivity contribution is 5.29. The Labute approximate surface area is 179 Å². The van der Waals surface area contributed by atoms with Crippen molar-refractivity contribution in [1.82, 2.24) is 0 Å². The maximum atomic E-state index is 10.7. The Morgan fingerprint density at radius 2 is 1.72 bits per heavy atom. The van der Waals surface area contributed by atoms with E-state index >= 15 is 0 Å². The average molecular weight is 403 g/mol. The van der Waals surface area contributed by atoms with Gasteiger partial charge in [-0.2, -0.15) is 0 Å². The third-order valence-electron chi connectivity index (χ3n) is 10.4. The third-order valence-corrected chi connectivity index (χ3v) is 10.4. The molecule has 4 rings (SSSR count). The van der Waals surface area contributed by atoms with Crippen LogP contribution in [0.2, 0.25) is 0 Å². The van der Waals surface area contributed by atoms with Crippen LogP contribution in [0.15, 0.2) is 11.6 Å². The van der Waals surface area contributed by atoms with E-state index < -0.39 is 12.2 Å². The predicted octanol–water partition coefficient (Wildman–Crippen LogP) is 6.36. The summed E-state index contributed by atoms with van der Waals surface area (Å²) in [6.07, 6.45) is 13.9. The number of aliphatic hydroxyl groups is 2. The maximum absolute atomic E-state index is 10.7. The molecule has 0 aromatic carbocycles. The molecule has 2 nitrogen and oxygen atoms in total. The lowest BCUT2D eigenvalue weighted by Crippen LogP contribution is -2.53. The van der Waals surface area contributed by atoms with Crippen molar-refractivity contribution >= 4 is 0 Å². The normalized spacial score (nSPS) is 47.9. The lowest BCUT2D eigenvalue weighted by atomic mass is 9.46. The summed E-state index contributed by atoms with van der Waals surface area (Å²) in [5.74, 6) is 4.95. The SMILES string of the molecule is CC(C)CCC[C@@H](C)[C@@H]1CC[C@@H]2[C@H]3CC=C4[C@H](O)[C@@H](O)CC[C@]4(C)[C@@H]3CC[C@@]21C. The maximum Gasteiger partial charge on any atom is 0.101 e. The first-order chi connectivity index (χ1) is 13.7. The zero-order chi connectivity index (χ0) is 21.0. The number of aliphatic hydroxyl groups excluding tert-OH is 2. The van der Waals surface area contributed by atoms with Crippen molar-refractivity contribution in [2.45, 2.75) is 111 Å². The largest absolute Gasteiger partial charge is 0.390 e. The van der Waals surface area contributed by atoms with Crippen LogP contribution < -0.4 is 0 Å². The summed E-state index contributed by atoms with van der Waals surface area (Å²) in [5, 5.41) is 20.9. The Bertz CT molecular complexity index is 624. The van der Waals surface area contributed by atoms with Crippen LogP contribution in [0, 0.1) is 46.3 Å². The van der Waals surface area contributed by atoms with Crippen LogP contribution in [-0.4, -0.2) is 22.4 Å². The van der Waals surface area contributed by atoms with Gasteiger partial charge in [-0.15, -0.1) is 0 Å². The van der Waals surface area contributed by atoms with Crippen LogP contribution in [-0.2, 0) is 0 Å². The van der Waals surface area contributed by atoms with Crippen molar-refractivity contribution in [2.24, 2.45) is 46.3 Å². The average Bonchev–Trinajstić information content (AvgIpc) is 3.02. The molecule has 9 atom stereocenters. The topological polar surface area (TPSA) is 40.5 Å². The van der Waals surface area contributed by atoms with Crippen molar-refractivity contribution in [1.29, 1.82) is 0 Å². The second-order valence-electron chi connectivity index (χ2n) is 12.3. The fourth-order valence-corrected chi connectivity index (χ4v) is 8.74. The summed E-state index contributed by atoms with van der Waals surface area (Å²) in [5.41, 5.74) is 1.81. The predicted molar refractivity (Wildman–Crippen MR) is 120 cm³/mol. The molecule has 4 aliphatic rings. The van der Waals surface area contributed by atoms with Gasteiger partial charge in [0.2, 0.25) is 0 Å². The summed E-state index contributed by atoms with van der Waals surface area (Å²) in [6.45, 7) is 12.3. The minimum atomic E-state index is -0.625. The molecule has 2 heteroatoms. The fourth-order valence-electron chi connectivity index (χ4n) is 8.74. The number of hydrogen-bond donors (Lipinski definition) is 2. The number of allylic oxidation sites excluding steroid dienone is 1. The van der Waals surface area contributed by atoms with Crippen LogP contribution in [0.25, 0.3) is 0 Å². The zero-order valence-electron chi connectivity index (χ0n) is 19.7. The second kappa shape index (κ2) is 7.97. The van der Waals surface area contributed by atoms with Crippen molar-refractivity contribution in [3.63, 3.8) is 0 Å². The first kappa shape index (κ1) is 21.9. The summed E-state index contributed by atoms with van der Waals surface area (Å²) in [4.78, 5) is 0. The van der Waals surface area contributed by atoms with E-state index in [1.165, 1.54) is 50.5 Å². The van der Waals surface area contributed by atoms with E-state index in [1.54, 1.807) is 0 Å². The molecule has 2 N–H and O–H groups in total. The molecule has 3 saturated carbocycles. The van der Waals surface area contributed by atoms with Gasteiger partial charge in [0.1, 0.15) is 6.10 Å². The van der Waals surface area contributed by atoms with Gasteiger partial charge < -0.3 is 10.2 Å². The van der Waals surface area contributed by atoms with Gasteiger partial charge in [-0.3, -0.25) is 0 Å². The number of rotatable bonds is 5. The van der Waals surface area contributed by atoms with E-state index in [9.17, 15) is 10.2 Å². The minimum absolute atomic E-state index is 0.115. The zero-order valence-corrected chi connectivity index (χ0v) is 19.7. The van der Waals surface area contributed by atoms with Gasteiger partial charge in [0, 0.05) is 0 Å². The van der Waals surface area contributed by atoms with Crippen molar-refractivity contribution in [3.05, 3.63) is 11.6 Å².